The summed E-state index contributed by atoms with van der Waals surface area (Å²) in [5.74, 6) is -0.0556. The van der Waals surface area contributed by atoms with Crippen LogP contribution in [0.4, 0.5) is 0 Å². The van der Waals surface area contributed by atoms with Gasteiger partial charge in [-0.25, -0.2) is 9.42 Å². The molecule has 19 heavy (non-hydrogen) atoms. The van der Waals surface area contributed by atoms with Gasteiger partial charge in [0, 0.05) is 5.02 Å². The lowest BCUT2D eigenvalue weighted by Gasteiger charge is -2.03. The molecule has 0 spiro atoms. The zero-order valence-electron chi connectivity index (χ0n) is 9.54. The molecule has 0 N–H and O–H groups in total. The maximum absolute atomic E-state index is 11.9. The van der Waals surface area contributed by atoms with Crippen molar-refractivity contribution in [3.05, 3.63) is 53.1 Å². The van der Waals surface area contributed by atoms with Crippen molar-refractivity contribution in [2.45, 2.75) is 0 Å². The van der Waals surface area contributed by atoms with Gasteiger partial charge >= 0.3 is 5.97 Å². The summed E-state index contributed by atoms with van der Waals surface area (Å²) < 4.78 is 9.77. The second-order valence-electron chi connectivity index (χ2n) is 3.81. The molecule has 0 bridgehead atoms. The highest BCUT2D eigenvalue weighted by Crippen LogP contribution is 2.18. The highest BCUT2D eigenvalue weighted by atomic mass is 35.5. The van der Waals surface area contributed by atoms with Crippen LogP contribution in [0.2, 0.25) is 5.02 Å². The van der Waals surface area contributed by atoms with Crippen LogP contribution in [0.3, 0.4) is 0 Å². The molecule has 0 saturated heterocycles. The lowest BCUT2D eigenvalue weighted by atomic mass is 10.2. The Hall–Kier alpha value is -2.40. The van der Waals surface area contributed by atoms with Crippen molar-refractivity contribution < 1.29 is 14.2 Å². The normalized spacial score (nSPS) is 10.6. The van der Waals surface area contributed by atoms with Crippen molar-refractivity contribution in [3.63, 3.8) is 0 Å². The Balaban J connectivity index is 1.84. The Morgan fingerprint density at radius 1 is 1.05 bits per heavy atom. The SMILES string of the molecule is O=C(Oc1ccc(Cl)cc1)c1ccc2nonc2c1. The van der Waals surface area contributed by atoms with E-state index in [1.165, 1.54) is 0 Å². The Labute approximate surface area is 112 Å². The van der Waals surface area contributed by atoms with E-state index in [1.807, 2.05) is 0 Å². The van der Waals surface area contributed by atoms with Crippen LogP contribution >= 0.6 is 11.6 Å². The van der Waals surface area contributed by atoms with Crippen molar-refractivity contribution in [1.29, 1.82) is 0 Å². The van der Waals surface area contributed by atoms with Crippen molar-refractivity contribution in [2.75, 3.05) is 0 Å². The predicted octanol–water partition coefficient (Wildman–Crippen LogP) is 3.10. The number of carbonyl (C=O) groups excluding carboxylic acids is 1. The van der Waals surface area contributed by atoms with E-state index >= 15 is 0 Å². The molecule has 0 saturated carbocycles. The molecule has 0 amide bonds. The van der Waals surface area contributed by atoms with Crippen LogP contribution in [0.15, 0.2) is 47.1 Å². The summed E-state index contributed by atoms with van der Waals surface area (Å²) in [4.78, 5) is 11.9. The lowest BCUT2D eigenvalue weighted by Crippen LogP contribution is -2.08. The van der Waals surface area contributed by atoms with E-state index in [0.29, 0.717) is 27.4 Å². The fourth-order valence-corrected chi connectivity index (χ4v) is 1.70. The highest BCUT2D eigenvalue weighted by molar-refractivity contribution is 6.30. The number of ether oxygens (including phenoxy) is 1. The zero-order chi connectivity index (χ0) is 13.2. The fraction of sp³-hybridized carbons (Fsp3) is 0. The van der Waals surface area contributed by atoms with Crippen molar-refractivity contribution >= 4 is 28.6 Å². The Kier molecular flexibility index (Phi) is 2.89. The van der Waals surface area contributed by atoms with E-state index in [2.05, 4.69) is 14.9 Å². The number of benzene rings is 2. The Morgan fingerprint density at radius 2 is 1.79 bits per heavy atom. The summed E-state index contributed by atoms with van der Waals surface area (Å²) in [6.07, 6.45) is 0. The fourth-order valence-electron chi connectivity index (χ4n) is 1.58. The van der Waals surface area contributed by atoms with Gasteiger partial charge in [-0.1, -0.05) is 11.6 Å². The first kappa shape index (κ1) is 11.7. The second kappa shape index (κ2) is 4.70. The first-order valence-electron chi connectivity index (χ1n) is 5.42. The number of fused-ring (bicyclic) bond motifs is 1. The standard InChI is InChI=1S/C13H7ClN2O3/c14-9-2-4-10(5-3-9)18-13(17)8-1-6-11-12(7-8)16-19-15-11/h1-7H. The summed E-state index contributed by atoms with van der Waals surface area (Å²) in [6, 6.07) is 11.3. The van der Waals surface area contributed by atoms with Crippen LogP contribution in [-0.2, 0) is 0 Å². The summed E-state index contributed by atoms with van der Waals surface area (Å²) in [5.41, 5.74) is 1.46. The highest BCUT2D eigenvalue weighted by Gasteiger charge is 2.11. The predicted molar refractivity (Wildman–Crippen MR) is 68.2 cm³/mol. The van der Waals surface area contributed by atoms with Crippen LogP contribution in [0.5, 0.6) is 5.75 Å². The minimum absolute atomic E-state index is 0.373. The van der Waals surface area contributed by atoms with Gasteiger partial charge in [-0.3, -0.25) is 0 Å². The third-order valence-electron chi connectivity index (χ3n) is 2.51. The average Bonchev–Trinajstić information content (AvgIpc) is 2.88. The monoisotopic (exact) mass is 274 g/mol. The zero-order valence-corrected chi connectivity index (χ0v) is 10.3. The number of hydrogen-bond acceptors (Lipinski definition) is 5. The molecule has 6 heteroatoms. The molecule has 0 unspecified atom stereocenters. The van der Waals surface area contributed by atoms with Crippen molar-refractivity contribution in [3.8, 4) is 5.75 Å². The van der Waals surface area contributed by atoms with Crippen LogP contribution in [0.25, 0.3) is 11.0 Å². The molecule has 1 heterocycles. The maximum atomic E-state index is 11.9. The van der Waals surface area contributed by atoms with E-state index in [4.69, 9.17) is 16.3 Å². The number of esters is 1. The summed E-state index contributed by atoms with van der Waals surface area (Å²) in [5, 5.41) is 7.91. The third kappa shape index (κ3) is 2.41. The van der Waals surface area contributed by atoms with Gasteiger partial charge in [-0.15, -0.1) is 0 Å². The number of aromatic nitrogens is 2. The van der Waals surface area contributed by atoms with Gasteiger partial charge in [0.2, 0.25) is 0 Å². The molecule has 0 fully saturated rings. The number of nitrogens with zero attached hydrogens (tertiary/aromatic N) is 2. The molecule has 3 rings (SSSR count). The van der Waals surface area contributed by atoms with E-state index in [0.717, 1.165) is 0 Å². The smallest absolute Gasteiger partial charge is 0.343 e. The topological polar surface area (TPSA) is 65.2 Å². The third-order valence-corrected chi connectivity index (χ3v) is 2.77. The minimum Gasteiger partial charge on any atom is -0.423 e. The van der Waals surface area contributed by atoms with Gasteiger partial charge in [-0.2, -0.15) is 0 Å². The van der Waals surface area contributed by atoms with Gasteiger partial charge in [0.1, 0.15) is 16.8 Å². The van der Waals surface area contributed by atoms with Crippen molar-refractivity contribution in [2.24, 2.45) is 0 Å². The molecule has 0 aliphatic heterocycles. The lowest BCUT2D eigenvalue weighted by molar-refractivity contribution is 0.0735. The van der Waals surface area contributed by atoms with Gasteiger partial charge in [0.15, 0.2) is 0 Å². The van der Waals surface area contributed by atoms with E-state index < -0.39 is 5.97 Å². The molecule has 0 aliphatic rings. The van der Waals surface area contributed by atoms with E-state index in [1.54, 1.807) is 42.5 Å². The van der Waals surface area contributed by atoms with Gasteiger partial charge in [-0.05, 0) is 52.8 Å². The summed E-state index contributed by atoms with van der Waals surface area (Å²) in [7, 11) is 0. The van der Waals surface area contributed by atoms with E-state index in [-0.39, 0.29) is 0 Å². The average molecular weight is 275 g/mol. The molecule has 1 aromatic heterocycles. The quantitative estimate of drug-likeness (QED) is 0.531. The van der Waals surface area contributed by atoms with Crippen LogP contribution in [0.1, 0.15) is 10.4 Å². The first-order chi connectivity index (χ1) is 9.22. The number of rotatable bonds is 2. The second-order valence-corrected chi connectivity index (χ2v) is 4.25. The van der Waals surface area contributed by atoms with Crippen LogP contribution in [-0.4, -0.2) is 16.3 Å². The summed E-state index contributed by atoms with van der Waals surface area (Å²) in [6.45, 7) is 0. The van der Waals surface area contributed by atoms with Crippen LogP contribution < -0.4 is 4.74 Å². The summed E-state index contributed by atoms with van der Waals surface area (Å²) >= 11 is 5.75. The van der Waals surface area contributed by atoms with Gasteiger partial charge in [0.25, 0.3) is 0 Å². The first-order valence-corrected chi connectivity index (χ1v) is 5.80. The molecule has 3 aromatic rings. The molecular formula is C13H7ClN2O3. The molecule has 2 aromatic carbocycles. The largest absolute Gasteiger partial charge is 0.423 e. The minimum atomic E-state index is -0.479. The molecule has 5 nitrogen and oxygen atoms in total. The Bertz CT molecular complexity index is 737. The Morgan fingerprint density at radius 3 is 2.58 bits per heavy atom. The maximum Gasteiger partial charge on any atom is 0.343 e. The van der Waals surface area contributed by atoms with E-state index in [9.17, 15) is 4.79 Å². The van der Waals surface area contributed by atoms with Crippen molar-refractivity contribution in [1.82, 2.24) is 10.3 Å². The molecule has 0 radical (unpaired) electrons. The van der Waals surface area contributed by atoms with Gasteiger partial charge in [0.05, 0.1) is 5.56 Å². The van der Waals surface area contributed by atoms with Gasteiger partial charge < -0.3 is 4.74 Å². The van der Waals surface area contributed by atoms with Crippen LogP contribution in [0, 0.1) is 0 Å². The number of hydrogen-bond donors (Lipinski definition) is 0. The number of halogens is 1. The molecule has 94 valence electrons. The molecule has 0 aliphatic carbocycles. The number of carbonyl (C=O) groups is 1. The molecular weight excluding hydrogens is 268 g/mol. The molecule has 0 atom stereocenters.